The van der Waals surface area contributed by atoms with E-state index in [2.05, 4.69) is 34.5 Å². The van der Waals surface area contributed by atoms with Crippen molar-refractivity contribution in [2.45, 2.75) is 63.7 Å². The van der Waals surface area contributed by atoms with E-state index >= 15 is 0 Å². The summed E-state index contributed by atoms with van der Waals surface area (Å²) in [7, 11) is 0. The zero-order valence-electron chi connectivity index (χ0n) is 12.6. The lowest BCUT2D eigenvalue weighted by molar-refractivity contribution is -0.00963. The van der Waals surface area contributed by atoms with Gasteiger partial charge in [0.2, 0.25) is 0 Å². The van der Waals surface area contributed by atoms with E-state index < -0.39 is 0 Å². The topological polar surface area (TPSA) is 45.8 Å². The highest BCUT2D eigenvalue weighted by atomic mass is 127. The van der Waals surface area contributed by atoms with Gasteiger partial charge in [0.25, 0.3) is 5.56 Å². The number of H-pyrrole nitrogens is 1. The first-order valence-corrected chi connectivity index (χ1v) is 9.46. The minimum Gasteiger partial charge on any atom is -0.309 e. The highest BCUT2D eigenvalue weighted by Gasteiger charge is 2.53. The Morgan fingerprint density at radius 2 is 1.76 bits per heavy atom. The molecule has 4 fully saturated rings. The third-order valence-electron chi connectivity index (χ3n) is 5.96. The van der Waals surface area contributed by atoms with Gasteiger partial charge in [0.1, 0.15) is 5.82 Å². The maximum Gasteiger partial charge on any atom is 0.264 e. The lowest BCUT2D eigenvalue weighted by Gasteiger charge is -2.56. The lowest BCUT2D eigenvalue weighted by atomic mass is 9.49. The van der Waals surface area contributed by atoms with Crippen LogP contribution in [0.1, 0.15) is 63.4 Å². The molecule has 0 aliphatic heterocycles. The predicted octanol–water partition coefficient (Wildman–Crippen LogP) is 3.79. The Morgan fingerprint density at radius 1 is 1.19 bits per heavy atom. The molecule has 0 saturated heterocycles. The van der Waals surface area contributed by atoms with Crippen molar-refractivity contribution in [2.75, 3.05) is 0 Å². The lowest BCUT2D eigenvalue weighted by Crippen LogP contribution is -2.50. The van der Waals surface area contributed by atoms with Crippen LogP contribution in [0.3, 0.4) is 0 Å². The second kappa shape index (κ2) is 5.07. The largest absolute Gasteiger partial charge is 0.309 e. The van der Waals surface area contributed by atoms with Crippen molar-refractivity contribution in [1.82, 2.24) is 9.97 Å². The number of aryl methyl sites for hydroxylation is 1. The van der Waals surface area contributed by atoms with Crippen LogP contribution < -0.4 is 5.56 Å². The van der Waals surface area contributed by atoms with E-state index in [1.54, 1.807) is 0 Å². The number of aromatic amines is 1. The third-order valence-corrected chi connectivity index (χ3v) is 7.07. The minimum atomic E-state index is 0.0831. The molecule has 1 aromatic rings. The molecule has 0 unspecified atom stereocenters. The molecule has 1 heterocycles. The van der Waals surface area contributed by atoms with E-state index in [1.165, 1.54) is 38.5 Å². The van der Waals surface area contributed by atoms with Crippen LogP contribution in [0.4, 0.5) is 0 Å². The Kier molecular flexibility index (Phi) is 3.43. The van der Waals surface area contributed by atoms with Crippen LogP contribution >= 0.6 is 22.6 Å². The summed E-state index contributed by atoms with van der Waals surface area (Å²) in [5.74, 6) is 3.68. The van der Waals surface area contributed by atoms with Crippen molar-refractivity contribution in [3.8, 4) is 0 Å². The maximum absolute atomic E-state index is 12.3. The van der Waals surface area contributed by atoms with Crippen LogP contribution in [0, 0.1) is 21.3 Å². The van der Waals surface area contributed by atoms with Gasteiger partial charge < -0.3 is 4.98 Å². The van der Waals surface area contributed by atoms with Gasteiger partial charge in [-0.1, -0.05) is 13.3 Å². The zero-order valence-corrected chi connectivity index (χ0v) is 14.8. The fourth-order valence-electron chi connectivity index (χ4n) is 5.56. The molecule has 4 aliphatic rings. The Balaban J connectivity index is 1.78. The minimum absolute atomic E-state index is 0.0831. The van der Waals surface area contributed by atoms with E-state index in [9.17, 15) is 4.79 Å². The molecule has 114 valence electrons. The van der Waals surface area contributed by atoms with E-state index in [1.807, 2.05) is 0 Å². The summed E-state index contributed by atoms with van der Waals surface area (Å²) in [4.78, 5) is 20.4. The van der Waals surface area contributed by atoms with Crippen molar-refractivity contribution >= 4 is 22.6 Å². The summed E-state index contributed by atoms with van der Waals surface area (Å²) in [6.07, 6.45) is 10.0. The van der Waals surface area contributed by atoms with Gasteiger partial charge in [0.05, 0.1) is 9.26 Å². The molecular weight excluding hydrogens is 375 g/mol. The number of hydrogen-bond donors (Lipinski definition) is 1. The highest BCUT2D eigenvalue weighted by molar-refractivity contribution is 14.1. The summed E-state index contributed by atoms with van der Waals surface area (Å²) in [5, 5.41) is 0. The molecule has 4 saturated carbocycles. The molecule has 21 heavy (non-hydrogen) atoms. The summed E-state index contributed by atoms with van der Waals surface area (Å²) in [6.45, 7) is 2.16. The fraction of sp³-hybridized carbons (Fsp3) is 0.765. The van der Waals surface area contributed by atoms with Crippen molar-refractivity contribution < 1.29 is 0 Å². The number of aromatic nitrogens is 2. The Bertz CT molecular complexity index is 586. The van der Waals surface area contributed by atoms with Gasteiger partial charge in [-0.25, -0.2) is 4.98 Å². The standard InChI is InChI=1S/C17H23IN2O/c1-2-3-13-14(18)15(21)20-16(19-13)17-7-10-4-11(8-17)6-12(5-10)9-17/h10-12H,2-9H2,1H3,(H,19,20,21). The molecular formula is C17H23IN2O. The van der Waals surface area contributed by atoms with Crippen LogP contribution in [0.5, 0.6) is 0 Å². The van der Waals surface area contributed by atoms with Gasteiger partial charge in [-0.15, -0.1) is 0 Å². The highest BCUT2D eigenvalue weighted by Crippen LogP contribution is 2.60. The molecule has 0 aromatic carbocycles. The summed E-state index contributed by atoms with van der Waals surface area (Å²) >= 11 is 2.16. The first-order chi connectivity index (χ1) is 10.1. The molecule has 1 N–H and O–H groups in total. The number of nitrogens with zero attached hydrogens (tertiary/aromatic N) is 1. The number of halogens is 1. The van der Waals surface area contributed by atoms with Crippen LogP contribution in [0.15, 0.2) is 4.79 Å². The third kappa shape index (κ3) is 2.28. The van der Waals surface area contributed by atoms with Crippen LogP contribution in [0.2, 0.25) is 0 Å². The van der Waals surface area contributed by atoms with Crippen LogP contribution in [-0.2, 0) is 11.8 Å². The molecule has 3 nitrogen and oxygen atoms in total. The molecule has 0 spiro atoms. The number of nitrogens with one attached hydrogen (secondary N) is 1. The molecule has 4 aliphatic carbocycles. The van der Waals surface area contributed by atoms with E-state index in [0.29, 0.717) is 0 Å². The average Bonchev–Trinajstić information content (AvgIpc) is 2.42. The molecule has 0 radical (unpaired) electrons. The van der Waals surface area contributed by atoms with Crippen molar-refractivity contribution in [3.05, 3.63) is 25.4 Å². The normalized spacial score (nSPS) is 37.1. The van der Waals surface area contributed by atoms with Crippen molar-refractivity contribution in [3.63, 3.8) is 0 Å². The van der Waals surface area contributed by atoms with E-state index in [-0.39, 0.29) is 11.0 Å². The molecule has 4 heteroatoms. The van der Waals surface area contributed by atoms with Crippen molar-refractivity contribution in [1.29, 1.82) is 0 Å². The van der Waals surface area contributed by atoms with E-state index in [4.69, 9.17) is 4.98 Å². The fourth-order valence-corrected chi connectivity index (χ4v) is 6.08. The van der Waals surface area contributed by atoms with Crippen LogP contribution in [0.25, 0.3) is 0 Å². The SMILES string of the molecule is CCCc1nc(C23CC4CC(CC(C4)C2)C3)[nH]c(=O)c1I. The monoisotopic (exact) mass is 398 g/mol. The van der Waals surface area contributed by atoms with Gasteiger partial charge in [-0.05, 0) is 85.3 Å². The molecule has 5 rings (SSSR count). The molecule has 0 amide bonds. The molecule has 1 aromatic heterocycles. The van der Waals surface area contributed by atoms with Crippen molar-refractivity contribution in [2.24, 2.45) is 17.8 Å². The summed E-state index contributed by atoms with van der Waals surface area (Å²) in [5.41, 5.74) is 1.30. The van der Waals surface area contributed by atoms with Gasteiger partial charge in [-0.3, -0.25) is 4.79 Å². The van der Waals surface area contributed by atoms with Crippen LogP contribution in [-0.4, -0.2) is 9.97 Å². The van der Waals surface area contributed by atoms with E-state index in [0.717, 1.165) is 45.7 Å². The molecule has 0 atom stereocenters. The van der Waals surface area contributed by atoms with Gasteiger partial charge in [0, 0.05) is 5.41 Å². The summed E-state index contributed by atoms with van der Waals surface area (Å²) < 4.78 is 0.794. The molecule has 4 bridgehead atoms. The number of rotatable bonds is 3. The Morgan fingerprint density at radius 3 is 2.29 bits per heavy atom. The summed E-state index contributed by atoms with van der Waals surface area (Å²) in [6, 6.07) is 0. The maximum atomic E-state index is 12.3. The first kappa shape index (κ1) is 14.2. The second-order valence-corrected chi connectivity index (χ2v) is 8.70. The Hall–Kier alpha value is -0.390. The van der Waals surface area contributed by atoms with Gasteiger partial charge in [-0.2, -0.15) is 0 Å². The van der Waals surface area contributed by atoms with Gasteiger partial charge >= 0.3 is 0 Å². The second-order valence-electron chi connectivity index (χ2n) is 7.62. The Labute approximate surface area is 139 Å². The average molecular weight is 398 g/mol. The quantitative estimate of drug-likeness (QED) is 0.788. The zero-order chi connectivity index (χ0) is 14.6. The predicted molar refractivity (Wildman–Crippen MR) is 91.4 cm³/mol. The number of hydrogen-bond acceptors (Lipinski definition) is 2. The smallest absolute Gasteiger partial charge is 0.264 e. The first-order valence-electron chi connectivity index (χ1n) is 8.39. The van der Waals surface area contributed by atoms with Gasteiger partial charge in [0.15, 0.2) is 0 Å².